The van der Waals surface area contributed by atoms with E-state index in [0.29, 0.717) is 12.2 Å². The first kappa shape index (κ1) is 14.0. The third-order valence-electron chi connectivity index (χ3n) is 2.59. The lowest BCUT2D eigenvalue weighted by Gasteiger charge is -2.08. The van der Waals surface area contributed by atoms with Crippen LogP contribution in [0.4, 0.5) is 5.69 Å². The minimum Gasteiger partial charge on any atom is -0.478 e. The average Bonchev–Trinajstić information content (AvgIpc) is 2.85. The van der Waals surface area contributed by atoms with E-state index < -0.39 is 5.97 Å². The van der Waals surface area contributed by atoms with Crippen molar-refractivity contribution in [3.63, 3.8) is 0 Å². The monoisotopic (exact) mass is 340 g/mol. The number of nitrogens with one attached hydrogen (secondary N) is 1. The number of aryl methyl sites for hydroxylation is 1. The number of nitrogens with zero attached hydrogens (tertiary/aromatic N) is 1. The molecule has 2 rings (SSSR count). The molecule has 0 aliphatic heterocycles. The largest absolute Gasteiger partial charge is 0.478 e. The molecule has 0 saturated heterocycles. The van der Waals surface area contributed by atoms with Crippen molar-refractivity contribution in [1.82, 2.24) is 4.98 Å². The van der Waals surface area contributed by atoms with Crippen molar-refractivity contribution in [3.8, 4) is 0 Å². The summed E-state index contributed by atoms with van der Waals surface area (Å²) in [5, 5.41) is 13.2. The Morgan fingerprint density at radius 1 is 1.53 bits per heavy atom. The van der Waals surface area contributed by atoms with Gasteiger partial charge in [0.1, 0.15) is 5.01 Å². The van der Waals surface area contributed by atoms with Gasteiger partial charge in [-0.25, -0.2) is 9.78 Å². The molecular formula is C13H13BrN2O2S. The number of anilines is 1. The normalized spacial score (nSPS) is 10.4. The van der Waals surface area contributed by atoms with Crippen LogP contribution in [0.1, 0.15) is 27.2 Å². The number of benzene rings is 1. The van der Waals surface area contributed by atoms with E-state index in [0.717, 1.165) is 15.9 Å². The highest BCUT2D eigenvalue weighted by Crippen LogP contribution is 2.22. The molecule has 0 amide bonds. The van der Waals surface area contributed by atoms with Crippen molar-refractivity contribution < 1.29 is 9.90 Å². The van der Waals surface area contributed by atoms with Crippen molar-refractivity contribution in [1.29, 1.82) is 0 Å². The van der Waals surface area contributed by atoms with Crippen LogP contribution >= 0.6 is 27.3 Å². The van der Waals surface area contributed by atoms with E-state index in [2.05, 4.69) is 33.2 Å². The van der Waals surface area contributed by atoms with Crippen molar-refractivity contribution in [2.24, 2.45) is 0 Å². The Labute approximate surface area is 123 Å². The van der Waals surface area contributed by atoms with Gasteiger partial charge in [-0.3, -0.25) is 0 Å². The van der Waals surface area contributed by atoms with Crippen LogP contribution in [0.15, 0.2) is 28.9 Å². The number of carbonyl (C=O) groups is 1. The second-order valence-corrected chi connectivity index (χ2v) is 6.04. The number of halogens is 1. The van der Waals surface area contributed by atoms with Crippen LogP contribution in [0.5, 0.6) is 0 Å². The van der Waals surface area contributed by atoms with Gasteiger partial charge in [0.15, 0.2) is 0 Å². The van der Waals surface area contributed by atoms with Crippen molar-refractivity contribution >= 4 is 38.9 Å². The number of aromatic nitrogens is 1. The highest BCUT2D eigenvalue weighted by Gasteiger charge is 2.11. The number of thiazole rings is 1. The van der Waals surface area contributed by atoms with Crippen molar-refractivity contribution in [2.45, 2.75) is 19.9 Å². The predicted molar refractivity (Wildman–Crippen MR) is 79.9 cm³/mol. The number of rotatable bonds is 5. The van der Waals surface area contributed by atoms with Gasteiger partial charge < -0.3 is 10.4 Å². The summed E-state index contributed by atoms with van der Waals surface area (Å²) in [5.74, 6) is -0.947. The first-order chi connectivity index (χ1) is 9.10. The van der Waals surface area contributed by atoms with Crippen LogP contribution in [0.2, 0.25) is 0 Å². The molecule has 0 aliphatic rings. The lowest BCUT2D eigenvalue weighted by atomic mass is 10.2. The molecule has 1 heterocycles. The quantitative estimate of drug-likeness (QED) is 0.869. The lowest BCUT2D eigenvalue weighted by molar-refractivity contribution is 0.0698. The van der Waals surface area contributed by atoms with E-state index in [1.807, 2.05) is 12.3 Å². The Bertz CT molecular complexity index is 598. The molecule has 100 valence electrons. The molecule has 0 spiro atoms. The van der Waals surface area contributed by atoms with Gasteiger partial charge in [0.05, 0.1) is 12.1 Å². The summed E-state index contributed by atoms with van der Waals surface area (Å²) < 4.78 is 0.748. The second kappa shape index (κ2) is 6.16. The second-order valence-electron chi connectivity index (χ2n) is 3.92. The van der Waals surface area contributed by atoms with Gasteiger partial charge in [-0.2, -0.15) is 0 Å². The number of carboxylic acid groups (broad SMARTS) is 1. The fraction of sp³-hybridized carbons (Fsp3) is 0.231. The Hall–Kier alpha value is -1.40. The Morgan fingerprint density at radius 2 is 2.32 bits per heavy atom. The van der Waals surface area contributed by atoms with E-state index in [1.165, 1.54) is 4.88 Å². The third-order valence-corrected chi connectivity index (χ3v) is 4.23. The molecule has 1 aromatic heterocycles. The molecule has 0 fully saturated rings. The first-order valence-electron chi connectivity index (χ1n) is 5.80. The fourth-order valence-electron chi connectivity index (χ4n) is 1.61. The number of aromatic carboxylic acids is 1. The number of hydrogen-bond acceptors (Lipinski definition) is 4. The van der Waals surface area contributed by atoms with E-state index in [4.69, 9.17) is 5.11 Å². The Morgan fingerprint density at radius 3 is 2.95 bits per heavy atom. The highest BCUT2D eigenvalue weighted by molar-refractivity contribution is 9.10. The third kappa shape index (κ3) is 3.54. The molecule has 1 aromatic carbocycles. The Kier molecular flexibility index (Phi) is 4.55. The zero-order valence-electron chi connectivity index (χ0n) is 10.3. The van der Waals surface area contributed by atoms with Crippen LogP contribution in [0, 0.1) is 0 Å². The molecule has 2 N–H and O–H groups in total. The minimum absolute atomic E-state index is 0.252. The molecule has 2 aromatic rings. The fourth-order valence-corrected chi connectivity index (χ4v) is 2.77. The molecule has 0 radical (unpaired) electrons. The maximum absolute atomic E-state index is 11.2. The predicted octanol–water partition coefficient (Wildman–Crippen LogP) is 3.78. The minimum atomic E-state index is -0.947. The van der Waals surface area contributed by atoms with E-state index in [-0.39, 0.29) is 5.56 Å². The summed E-state index contributed by atoms with van der Waals surface area (Å²) >= 11 is 4.91. The average molecular weight is 341 g/mol. The summed E-state index contributed by atoms with van der Waals surface area (Å²) in [4.78, 5) is 16.7. The van der Waals surface area contributed by atoms with Crippen LogP contribution in [0.25, 0.3) is 0 Å². The maximum Gasteiger partial charge on any atom is 0.337 e. The standard InChI is InChI=1S/C13H13BrN2O2S/c1-2-9-6-16-12(19-9)7-15-11-4-3-8(14)5-10(11)13(17)18/h3-6,15H,2,7H2,1H3,(H,17,18). The van der Waals surface area contributed by atoms with Gasteiger partial charge in [0, 0.05) is 21.2 Å². The Balaban J connectivity index is 2.12. The van der Waals surface area contributed by atoms with Gasteiger partial charge in [0.2, 0.25) is 0 Å². The smallest absolute Gasteiger partial charge is 0.337 e. The van der Waals surface area contributed by atoms with Gasteiger partial charge in [0.25, 0.3) is 0 Å². The topological polar surface area (TPSA) is 62.2 Å². The summed E-state index contributed by atoms with van der Waals surface area (Å²) in [6.45, 7) is 2.62. The summed E-state index contributed by atoms with van der Waals surface area (Å²) in [7, 11) is 0. The van der Waals surface area contributed by atoms with Crippen molar-refractivity contribution in [3.05, 3.63) is 44.3 Å². The van der Waals surface area contributed by atoms with Crippen LogP contribution in [-0.2, 0) is 13.0 Å². The SMILES string of the molecule is CCc1cnc(CNc2ccc(Br)cc2C(=O)O)s1. The first-order valence-corrected chi connectivity index (χ1v) is 7.41. The maximum atomic E-state index is 11.2. The van der Waals surface area contributed by atoms with E-state index in [9.17, 15) is 4.79 Å². The molecule has 0 saturated carbocycles. The molecule has 0 unspecified atom stereocenters. The summed E-state index contributed by atoms with van der Waals surface area (Å²) in [5.41, 5.74) is 0.852. The molecule has 0 aliphatic carbocycles. The van der Waals surface area contributed by atoms with E-state index >= 15 is 0 Å². The highest BCUT2D eigenvalue weighted by atomic mass is 79.9. The lowest BCUT2D eigenvalue weighted by Crippen LogP contribution is -2.06. The number of carboxylic acids is 1. The zero-order valence-corrected chi connectivity index (χ0v) is 12.7. The van der Waals surface area contributed by atoms with E-state index in [1.54, 1.807) is 23.5 Å². The van der Waals surface area contributed by atoms with Crippen molar-refractivity contribution in [2.75, 3.05) is 5.32 Å². The zero-order chi connectivity index (χ0) is 13.8. The molecule has 19 heavy (non-hydrogen) atoms. The molecular weight excluding hydrogens is 328 g/mol. The van der Waals surface area contributed by atoms with Gasteiger partial charge >= 0.3 is 5.97 Å². The number of hydrogen-bond donors (Lipinski definition) is 2. The summed E-state index contributed by atoms with van der Waals surface area (Å²) in [6, 6.07) is 5.15. The van der Waals surface area contributed by atoms with Gasteiger partial charge in [-0.05, 0) is 24.6 Å². The van der Waals surface area contributed by atoms with Crippen LogP contribution in [-0.4, -0.2) is 16.1 Å². The van der Waals surface area contributed by atoms with Crippen LogP contribution < -0.4 is 5.32 Å². The molecule has 4 nitrogen and oxygen atoms in total. The van der Waals surface area contributed by atoms with Crippen LogP contribution in [0.3, 0.4) is 0 Å². The molecule has 0 bridgehead atoms. The molecule has 6 heteroatoms. The van der Waals surface area contributed by atoms with Gasteiger partial charge in [-0.15, -0.1) is 11.3 Å². The molecule has 0 atom stereocenters. The van der Waals surface area contributed by atoms with Gasteiger partial charge in [-0.1, -0.05) is 22.9 Å². The summed E-state index contributed by atoms with van der Waals surface area (Å²) in [6.07, 6.45) is 2.83.